The van der Waals surface area contributed by atoms with E-state index in [1.807, 2.05) is 25.1 Å². The number of ether oxygens (including phenoxy) is 3. The summed E-state index contributed by atoms with van der Waals surface area (Å²) in [7, 11) is 4.69. The monoisotopic (exact) mass is 361 g/mol. The van der Waals surface area contributed by atoms with Crippen molar-refractivity contribution < 1.29 is 19.0 Å². The summed E-state index contributed by atoms with van der Waals surface area (Å²) in [5, 5.41) is 3.57. The quantitative estimate of drug-likeness (QED) is 0.888. The molecule has 0 fully saturated rings. The summed E-state index contributed by atoms with van der Waals surface area (Å²) in [5.74, 6) is 1.31. The van der Waals surface area contributed by atoms with E-state index in [1.165, 1.54) is 0 Å². The number of carbonyl (C=O) groups is 1. The third-order valence-corrected chi connectivity index (χ3v) is 4.89. The average molecular weight is 362 g/mol. The number of amides is 1. The van der Waals surface area contributed by atoms with Crippen LogP contribution in [0.25, 0.3) is 0 Å². The van der Waals surface area contributed by atoms with E-state index in [4.69, 9.17) is 25.8 Å². The maximum absolute atomic E-state index is 12.3. The first kappa shape index (κ1) is 17.4. The van der Waals surface area contributed by atoms with Gasteiger partial charge in [0.15, 0.2) is 11.5 Å². The molecular formula is C19H20ClNO4. The molecule has 5 nitrogen and oxygen atoms in total. The molecule has 1 heterocycles. The molecule has 1 unspecified atom stereocenters. The number of rotatable bonds is 4. The van der Waals surface area contributed by atoms with Crippen LogP contribution in [0, 0.1) is 6.92 Å². The zero-order chi connectivity index (χ0) is 18.1. The number of carbonyl (C=O) groups excluding carboxylic acids is 1. The standard InChI is InChI=1S/C19H20ClNO4/c1-10-5-6-11(7-13(10)20)12-8-16(22)21-14-9-15(23-2)18(24-3)19(25-4)17(12)14/h5-7,9,12H,8H2,1-4H3,(H,21,22). The molecule has 1 aliphatic rings. The first-order valence-electron chi connectivity index (χ1n) is 7.88. The van der Waals surface area contributed by atoms with Gasteiger partial charge >= 0.3 is 0 Å². The number of hydrogen-bond donors (Lipinski definition) is 1. The molecule has 1 N–H and O–H groups in total. The van der Waals surface area contributed by atoms with Crippen molar-refractivity contribution in [2.75, 3.05) is 26.6 Å². The molecule has 0 saturated heterocycles. The number of fused-ring (bicyclic) bond motifs is 1. The Bertz CT molecular complexity index is 835. The molecule has 0 bridgehead atoms. The minimum Gasteiger partial charge on any atom is -0.493 e. The largest absolute Gasteiger partial charge is 0.493 e. The van der Waals surface area contributed by atoms with E-state index in [0.717, 1.165) is 16.7 Å². The first-order valence-corrected chi connectivity index (χ1v) is 8.26. The molecule has 6 heteroatoms. The van der Waals surface area contributed by atoms with Gasteiger partial charge in [0.25, 0.3) is 0 Å². The molecule has 0 spiro atoms. The zero-order valence-corrected chi connectivity index (χ0v) is 15.4. The van der Waals surface area contributed by atoms with E-state index in [2.05, 4.69) is 5.32 Å². The van der Waals surface area contributed by atoms with Crippen LogP contribution in [-0.4, -0.2) is 27.2 Å². The number of anilines is 1. The highest BCUT2D eigenvalue weighted by Gasteiger charge is 2.33. The summed E-state index contributed by atoms with van der Waals surface area (Å²) < 4.78 is 16.5. The third kappa shape index (κ3) is 3.00. The van der Waals surface area contributed by atoms with Crippen molar-refractivity contribution in [1.29, 1.82) is 0 Å². The lowest BCUT2D eigenvalue weighted by Gasteiger charge is -2.29. The number of halogens is 1. The van der Waals surface area contributed by atoms with E-state index in [0.29, 0.717) is 34.4 Å². The Morgan fingerprint density at radius 3 is 2.40 bits per heavy atom. The molecule has 0 aromatic heterocycles. The average Bonchev–Trinajstić information content (AvgIpc) is 2.61. The summed E-state index contributed by atoms with van der Waals surface area (Å²) in [6, 6.07) is 7.61. The Hall–Kier alpha value is -2.40. The van der Waals surface area contributed by atoms with Crippen molar-refractivity contribution in [3.8, 4) is 17.2 Å². The SMILES string of the molecule is COc1cc2c(c(OC)c1OC)C(c1ccc(C)c(Cl)c1)CC(=O)N2. The second kappa shape index (κ2) is 6.84. The number of hydrogen-bond acceptors (Lipinski definition) is 4. The van der Waals surface area contributed by atoms with Crippen molar-refractivity contribution in [3.63, 3.8) is 0 Å². The van der Waals surface area contributed by atoms with Gasteiger partial charge < -0.3 is 19.5 Å². The van der Waals surface area contributed by atoms with E-state index in [1.54, 1.807) is 27.4 Å². The van der Waals surface area contributed by atoms with Gasteiger partial charge in [-0.15, -0.1) is 0 Å². The minimum absolute atomic E-state index is 0.0662. The van der Waals surface area contributed by atoms with Crippen LogP contribution in [0.3, 0.4) is 0 Å². The van der Waals surface area contributed by atoms with Crippen LogP contribution in [0.15, 0.2) is 24.3 Å². The summed E-state index contributed by atoms with van der Waals surface area (Å²) in [6.07, 6.45) is 0.304. The van der Waals surface area contributed by atoms with Crippen LogP contribution in [0.1, 0.15) is 29.0 Å². The maximum atomic E-state index is 12.3. The first-order chi connectivity index (χ1) is 12.0. The molecule has 2 aromatic carbocycles. The Morgan fingerprint density at radius 2 is 1.80 bits per heavy atom. The molecular weight excluding hydrogens is 342 g/mol. The van der Waals surface area contributed by atoms with Crippen LogP contribution in [0.5, 0.6) is 17.2 Å². The van der Waals surface area contributed by atoms with Gasteiger partial charge in [0.2, 0.25) is 11.7 Å². The normalized spacial score (nSPS) is 16.0. The molecule has 0 radical (unpaired) electrons. The van der Waals surface area contributed by atoms with Crippen LogP contribution < -0.4 is 19.5 Å². The summed E-state index contributed by atoms with van der Waals surface area (Å²) in [4.78, 5) is 12.3. The lowest BCUT2D eigenvalue weighted by atomic mass is 9.83. The van der Waals surface area contributed by atoms with Crippen molar-refractivity contribution in [3.05, 3.63) is 46.0 Å². The van der Waals surface area contributed by atoms with Gasteiger partial charge in [-0.25, -0.2) is 0 Å². The molecule has 0 aliphatic carbocycles. The third-order valence-electron chi connectivity index (χ3n) is 4.48. The van der Waals surface area contributed by atoms with Crippen molar-refractivity contribution in [2.45, 2.75) is 19.3 Å². The molecule has 0 saturated carbocycles. The molecule has 132 valence electrons. The van der Waals surface area contributed by atoms with Crippen LogP contribution >= 0.6 is 11.6 Å². The van der Waals surface area contributed by atoms with Crippen molar-refractivity contribution >= 4 is 23.2 Å². The van der Waals surface area contributed by atoms with Crippen LogP contribution in [0.4, 0.5) is 5.69 Å². The molecule has 2 aromatic rings. The summed E-state index contributed by atoms with van der Waals surface area (Å²) in [6.45, 7) is 1.95. The predicted octanol–water partition coefficient (Wildman–Crippen LogP) is 4.15. The number of aryl methyl sites for hydroxylation is 1. The van der Waals surface area contributed by atoms with E-state index >= 15 is 0 Å². The summed E-state index contributed by atoms with van der Waals surface area (Å²) in [5.41, 5.74) is 3.47. The fourth-order valence-electron chi connectivity index (χ4n) is 3.23. The van der Waals surface area contributed by atoms with Gasteiger partial charge in [-0.2, -0.15) is 0 Å². The van der Waals surface area contributed by atoms with Gasteiger partial charge in [-0.05, 0) is 24.1 Å². The van der Waals surface area contributed by atoms with Gasteiger partial charge in [0.1, 0.15) is 0 Å². The lowest BCUT2D eigenvalue weighted by molar-refractivity contribution is -0.116. The second-order valence-corrected chi connectivity index (χ2v) is 6.33. The van der Waals surface area contributed by atoms with Gasteiger partial charge in [0, 0.05) is 29.0 Å². The maximum Gasteiger partial charge on any atom is 0.225 e. The smallest absolute Gasteiger partial charge is 0.225 e. The van der Waals surface area contributed by atoms with Crippen LogP contribution in [0.2, 0.25) is 5.02 Å². The zero-order valence-electron chi connectivity index (χ0n) is 14.6. The lowest BCUT2D eigenvalue weighted by Crippen LogP contribution is -2.24. The van der Waals surface area contributed by atoms with E-state index < -0.39 is 0 Å². The Balaban J connectivity index is 2.25. The summed E-state index contributed by atoms with van der Waals surface area (Å²) >= 11 is 6.30. The van der Waals surface area contributed by atoms with E-state index in [-0.39, 0.29) is 11.8 Å². The Morgan fingerprint density at radius 1 is 1.08 bits per heavy atom. The van der Waals surface area contributed by atoms with Gasteiger partial charge in [-0.3, -0.25) is 4.79 Å². The second-order valence-electron chi connectivity index (χ2n) is 5.92. The molecule has 1 aliphatic heterocycles. The number of benzene rings is 2. The highest BCUT2D eigenvalue weighted by Crippen LogP contribution is 2.51. The minimum atomic E-state index is -0.184. The van der Waals surface area contributed by atoms with Gasteiger partial charge in [-0.1, -0.05) is 23.7 Å². The number of methoxy groups -OCH3 is 3. The fraction of sp³-hybridized carbons (Fsp3) is 0.316. The predicted molar refractivity (Wildman–Crippen MR) is 97.4 cm³/mol. The van der Waals surface area contributed by atoms with Gasteiger partial charge in [0.05, 0.1) is 27.0 Å². The Kier molecular flexibility index (Phi) is 4.77. The van der Waals surface area contributed by atoms with Crippen molar-refractivity contribution in [1.82, 2.24) is 0 Å². The topological polar surface area (TPSA) is 56.8 Å². The fourth-order valence-corrected chi connectivity index (χ4v) is 3.42. The van der Waals surface area contributed by atoms with Crippen LogP contribution in [-0.2, 0) is 4.79 Å². The number of nitrogens with one attached hydrogen (secondary N) is 1. The molecule has 1 amide bonds. The highest BCUT2D eigenvalue weighted by molar-refractivity contribution is 6.31. The highest BCUT2D eigenvalue weighted by atomic mass is 35.5. The molecule has 1 atom stereocenters. The van der Waals surface area contributed by atoms with Crippen molar-refractivity contribution in [2.24, 2.45) is 0 Å². The Labute approximate surface area is 151 Å². The molecule has 25 heavy (non-hydrogen) atoms. The van der Waals surface area contributed by atoms with E-state index in [9.17, 15) is 4.79 Å². The molecule has 3 rings (SSSR count).